The van der Waals surface area contributed by atoms with Gasteiger partial charge in [0.2, 0.25) is 5.91 Å². The zero-order valence-electron chi connectivity index (χ0n) is 21.9. The third-order valence-corrected chi connectivity index (χ3v) is 6.95. The lowest BCUT2D eigenvalue weighted by molar-refractivity contribution is -0.136. The first-order chi connectivity index (χ1) is 17.7. The first kappa shape index (κ1) is 24.5. The Balaban J connectivity index is 1.70. The molecule has 0 radical (unpaired) electrons. The van der Waals surface area contributed by atoms with Gasteiger partial charge in [0.25, 0.3) is 5.56 Å². The lowest BCUT2D eigenvalue weighted by Gasteiger charge is -2.24. The Morgan fingerprint density at radius 2 is 1.70 bits per heavy atom. The Bertz CT molecular complexity index is 1550. The van der Waals surface area contributed by atoms with E-state index in [1.54, 1.807) is 5.01 Å². The minimum absolute atomic E-state index is 0.0639. The molecule has 0 bridgehead atoms. The molecule has 1 unspecified atom stereocenters. The van der Waals surface area contributed by atoms with E-state index in [4.69, 9.17) is 5.10 Å². The van der Waals surface area contributed by atoms with E-state index < -0.39 is 0 Å². The van der Waals surface area contributed by atoms with Crippen molar-refractivity contribution in [1.82, 2.24) is 9.99 Å². The zero-order valence-corrected chi connectivity index (χ0v) is 21.9. The molecule has 37 heavy (non-hydrogen) atoms. The molecule has 3 aromatic carbocycles. The third-order valence-electron chi connectivity index (χ3n) is 6.95. The van der Waals surface area contributed by atoms with Gasteiger partial charge in [0, 0.05) is 48.6 Å². The zero-order chi connectivity index (χ0) is 26.3. The topological polar surface area (TPSA) is 68.8 Å². The minimum Gasteiger partial charge on any atom is -0.378 e. The summed E-state index contributed by atoms with van der Waals surface area (Å²) in [4.78, 5) is 32.0. The van der Waals surface area contributed by atoms with E-state index in [2.05, 4.69) is 11.1 Å². The van der Waals surface area contributed by atoms with Crippen molar-refractivity contribution in [3.05, 3.63) is 99.8 Å². The molecule has 0 fully saturated rings. The normalized spacial score (nSPS) is 15.4. The third kappa shape index (κ3) is 4.55. The number of nitrogens with zero attached hydrogens (tertiary/aromatic N) is 3. The fourth-order valence-corrected chi connectivity index (χ4v) is 4.97. The van der Waals surface area contributed by atoms with E-state index in [1.807, 2.05) is 106 Å². The van der Waals surface area contributed by atoms with Crippen molar-refractivity contribution in [3.63, 3.8) is 0 Å². The van der Waals surface area contributed by atoms with Crippen LogP contribution in [0.4, 0.5) is 5.69 Å². The van der Waals surface area contributed by atoms with E-state index in [0.717, 1.165) is 38.8 Å². The largest absolute Gasteiger partial charge is 0.378 e. The second kappa shape index (κ2) is 9.69. The number of hydrogen-bond donors (Lipinski definition) is 1. The molecule has 2 heterocycles. The first-order valence-electron chi connectivity index (χ1n) is 12.6. The van der Waals surface area contributed by atoms with Gasteiger partial charge in [0.05, 0.1) is 17.3 Å². The van der Waals surface area contributed by atoms with E-state index in [-0.39, 0.29) is 23.4 Å². The summed E-state index contributed by atoms with van der Waals surface area (Å²) in [5.41, 5.74) is 6.70. The van der Waals surface area contributed by atoms with Crippen LogP contribution in [0.1, 0.15) is 43.0 Å². The van der Waals surface area contributed by atoms with Crippen LogP contribution in [0, 0.1) is 12.8 Å². The number of nitrogens with one attached hydrogen (secondary N) is 1. The quantitative estimate of drug-likeness (QED) is 0.377. The molecular formula is C31H32N4O2. The number of carbonyl (C=O) groups is 1. The molecular weight excluding hydrogens is 460 g/mol. The fourth-order valence-electron chi connectivity index (χ4n) is 4.97. The Labute approximate surface area is 217 Å². The monoisotopic (exact) mass is 492 g/mol. The van der Waals surface area contributed by atoms with Gasteiger partial charge in [0.15, 0.2) is 0 Å². The van der Waals surface area contributed by atoms with Crippen molar-refractivity contribution < 1.29 is 4.79 Å². The van der Waals surface area contributed by atoms with Gasteiger partial charge < -0.3 is 9.88 Å². The van der Waals surface area contributed by atoms with Crippen LogP contribution in [0.3, 0.4) is 0 Å². The molecule has 0 spiro atoms. The molecule has 0 saturated heterocycles. The van der Waals surface area contributed by atoms with Crippen LogP contribution in [0.2, 0.25) is 0 Å². The molecule has 0 aliphatic carbocycles. The number of aryl methyl sites for hydroxylation is 1. The number of anilines is 1. The van der Waals surface area contributed by atoms with Gasteiger partial charge in [-0.2, -0.15) is 5.10 Å². The molecule has 6 heteroatoms. The number of fused-ring (bicyclic) bond motifs is 1. The van der Waals surface area contributed by atoms with Crippen LogP contribution in [0.25, 0.3) is 22.0 Å². The summed E-state index contributed by atoms with van der Waals surface area (Å²) in [6.45, 7) is 5.80. The predicted molar refractivity (Wildman–Crippen MR) is 151 cm³/mol. The van der Waals surface area contributed by atoms with E-state index in [1.165, 1.54) is 0 Å². The molecule has 0 saturated carbocycles. The van der Waals surface area contributed by atoms with Crippen LogP contribution in [-0.2, 0) is 4.79 Å². The highest BCUT2D eigenvalue weighted by molar-refractivity contribution is 6.13. The minimum atomic E-state index is -0.280. The van der Waals surface area contributed by atoms with Crippen molar-refractivity contribution in [3.8, 4) is 11.1 Å². The van der Waals surface area contributed by atoms with Gasteiger partial charge in [-0.05, 0) is 42.3 Å². The van der Waals surface area contributed by atoms with Gasteiger partial charge in [0.1, 0.15) is 0 Å². The summed E-state index contributed by atoms with van der Waals surface area (Å²) in [7, 11) is 4.00. The maximum atomic E-state index is 13.6. The number of amides is 1. The summed E-state index contributed by atoms with van der Waals surface area (Å²) in [5.74, 6) is -0.288. The van der Waals surface area contributed by atoms with Crippen LogP contribution in [-0.4, -0.2) is 35.7 Å². The maximum absolute atomic E-state index is 13.6. The van der Waals surface area contributed by atoms with E-state index in [0.29, 0.717) is 17.7 Å². The van der Waals surface area contributed by atoms with Crippen molar-refractivity contribution in [2.45, 2.75) is 33.2 Å². The lowest BCUT2D eigenvalue weighted by atomic mass is 9.90. The van der Waals surface area contributed by atoms with Gasteiger partial charge in [-0.3, -0.25) is 9.59 Å². The lowest BCUT2D eigenvalue weighted by Crippen LogP contribution is -2.30. The van der Waals surface area contributed by atoms with E-state index >= 15 is 0 Å². The van der Waals surface area contributed by atoms with Crippen molar-refractivity contribution >= 4 is 28.2 Å². The average molecular weight is 493 g/mol. The van der Waals surface area contributed by atoms with Crippen molar-refractivity contribution in [1.29, 1.82) is 0 Å². The highest BCUT2D eigenvalue weighted by atomic mass is 16.2. The maximum Gasteiger partial charge on any atom is 0.258 e. The van der Waals surface area contributed by atoms with E-state index in [9.17, 15) is 9.59 Å². The molecule has 1 aromatic heterocycles. The number of hydrazone groups is 1. The summed E-state index contributed by atoms with van der Waals surface area (Å²) < 4.78 is 0. The van der Waals surface area contributed by atoms with Crippen LogP contribution in [0.15, 0.2) is 82.7 Å². The standard InChI is InChI=1S/C31H32N4O2/c1-19(2)31(37)35-27(21-12-14-23(15-13-21)34(4)5)18-26(33-35)29-28(22-9-7-6-8-10-22)24-17-20(3)11-16-25(24)32-30(29)36/h6-17,19,27H,18H2,1-5H3,(H,32,36). The average Bonchev–Trinajstić information content (AvgIpc) is 3.33. The van der Waals surface area contributed by atoms with Gasteiger partial charge in [-0.25, -0.2) is 5.01 Å². The number of rotatable bonds is 5. The summed E-state index contributed by atoms with van der Waals surface area (Å²) in [6, 6.07) is 23.9. The summed E-state index contributed by atoms with van der Waals surface area (Å²) in [6.07, 6.45) is 0.458. The molecule has 188 valence electrons. The second-order valence-electron chi connectivity index (χ2n) is 10.2. The predicted octanol–water partition coefficient (Wildman–Crippen LogP) is 5.90. The smallest absolute Gasteiger partial charge is 0.258 e. The molecule has 1 atom stereocenters. The number of pyridine rings is 1. The molecule has 4 aromatic rings. The number of hydrogen-bond acceptors (Lipinski definition) is 4. The summed E-state index contributed by atoms with van der Waals surface area (Å²) >= 11 is 0. The van der Waals surface area contributed by atoms with Gasteiger partial charge in [-0.1, -0.05) is 67.9 Å². The summed E-state index contributed by atoms with van der Waals surface area (Å²) in [5, 5.41) is 7.39. The number of aromatic nitrogens is 1. The first-order valence-corrected chi connectivity index (χ1v) is 12.6. The number of benzene rings is 3. The molecule has 5 rings (SSSR count). The highest BCUT2D eigenvalue weighted by Gasteiger charge is 2.36. The fraction of sp³-hybridized carbons (Fsp3) is 0.258. The van der Waals surface area contributed by atoms with Crippen LogP contribution < -0.4 is 10.5 Å². The molecule has 1 aliphatic heterocycles. The Morgan fingerprint density at radius 1 is 1.00 bits per heavy atom. The van der Waals surface area contributed by atoms with Crippen LogP contribution >= 0.6 is 0 Å². The molecule has 1 amide bonds. The highest BCUT2D eigenvalue weighted by Crippen LogP contribution is 2.38. The Hall–Kier alpha value is -4.19. The SMILES string of the molecule is Cc1ccc2[nH]c(=O)c(C3=NN(C(=O)C(C)C)C(c4ccc(N(C)C)cc4)C3)c(-c3ccccc3)c2c1. The number of H-pyrrole nitrogens is 1. The Kier molecular flexibility index (Phi) is 6.42. The van der Waals surface area contributed by atoms with Crippen LogP contribution in [0.5, 0.6) is 0 Å². The number of aromatic amines is 1. The molecule has 1 aliphatic rings. The number of carbonyl (C=O) groups excluding carboxylic acids is 1. The molecule has 1 N–H and O–H groups in total. The van der Waals surface area contributed by atoms with Crippen molar-refractivity contribution in [2.75, 3.05) is 19.0 Å². The molecule has 6 nitrogen and oxygen atoms in total. The van der Waals surface area contributed by atoms with Crippen molar-refractivity contribution in [2.24, 2.45) is 11.0 Å². The second-order valence-corrected chi connectivity index (χ2v) is 10.2. The van der Waals surface area contributed by atoms with Gasteiger partial charge in [-0.15, -0.1) is 0 Å². The Morgan fingerprint density at radius 3 is 2.35 bits per heavy atom. The van der Waals surface area contributed by atoms with Gasteiger partial charge >= 0.3 is 0 Å².